The predicted octanol–water partition coefficient (Wildman–Crippen LogP) is 3.96. The SMILES string of the molecule is COc1ccccc1NC(=O)COc1ccc(Br)cc1C=NNc1nc(N)cs1. The lowest BCUT2D eigenvalue weighted by atomic mass is 10.2. The molecule has 2 aromatic carbocycles. The number of methoxy groups -OCH3 is 1. The van der Waals surface area contributed by atoms with Crippen LogP contribution in [0.4, 0.5) is 16.6 Å². The van der Waals surface area contributed by atoms with E-state index in [1.165, 1.54) is 11.3 Å². The largest absolute Gasteiger partial charge is 0.495 e. The Morgan fingerprint density at radius 3 is 2.90 bits per heavy atom. The zero-order valence-corrected chi connectivity index (χ0v) is 17.8. The van der Waals surface area contributed by atoms with E-state index in [-0.39, 0.29) is 12.5 Å². The summed E-state index contributed by atoms with van der Waals surface area (Å²) in [7, 11) is 1.54. The van der Waals surface area contributed by atoms with E-state index in [1.807, 2.05) is 24.3 Å². The molecule has 0 spiro atoms. The van der Waals surface area contributed by atoms with Crippen molar-refractivity contribution in [1.29, 1.82) is 0 Å². The van der Waals surface area contributed by atoms with Gasteiger partial charge in [0.2, 0.25) is 5.13 Å². The minimum absolute atomic E-state index is 0.170. The third-order valence-corrected chi connectivity index (χ3v) is 4.86. The summed E-state index contributed by atoms with van der Waals surface area (Å²) in [5, 5.41) is 9.20. The summed E-state index contributed by atoms with van der Waals surface area (Å²) in [5.41, 5.74) is 9.64. The maximum Gasteiger partial charge on any atom is 0.262 e. The van der Waals surface area contributed by atoms with E-state index in [9.17, 15) is 4.79 Å². The van der Waals surface area contributed by atoms with Crippen molar-refractivity contribution in [3.63, 3.8) is 0 Å². The number of nitrogens with two attached hydrogens (primary N) is 1. The van der Waals surface area contributed by atoms with Gasteiger partial charge in [-0.3, -0.25) is 10.2 Å². The molecule has 10 heteroatoms. The number of hydrogen-bond acceptors (Lipinski definition) is 8. The highest BCUT2D eigenvalue weighted by Gasteiger charge is 2.10. The first kappa shape index (κ1) is 20.6. The van der Waals surface area contributed by atoms with Crippen molar-refractivity contribution in [2.75, 3.05) is 30.2 Å². The Hall–Kier alpha value is -3.11. The van der Waals surface area contributed by atoms with E-state index in [0.29, 0.717) is 33.7 Å². The first-order valence-corrected chi connectivity index (χ1v) is 10.1. The van der Waals surface area contributed by atoms with Crippen LogP contribution in [0.5, 0.6) is 11.5 Å². The summed E-state index contributed by atoms with van der Waals surface area (Å²) in [6.07, 6.45) is 1.58. The van der Waals surface area contributed by atoms with Gasteiger partial charge in [0.15, 0.2) is 6.61 Å². The Morgan fingerprint density at radius 1 is 1.31 bits per heavy atom. The molecule has 0 saturated carbocycles. The van der Waals surface area contributed by atoms with Crippen LogP contribution in [-0.4, -0.2) is 30.8 Å². The maximum absolute atomic E-state index is 12.3. The highest BCUT2D eigenvalue weighted by molar-refractivity contribution is 9.10. The van der Waals surface area contributed by atoms with Crippen LogP contribution in [-0.2, 0) is 4.79 Å². The van der Waals surface area contributed by atoms with Crippen LogP contribution in [0, 0.1) is 0 Å². The number of carbonyl (C=O) groups is 1. The van der Waals surface area contributed by atoms with Gasteiger partial charge in [-0.2, -0.15) is 5.10 Å². The fourth-order valence-electron chi connectivity index (χ4n) is 2.32. The van der Waals surface area contributed by atoms with Crippen LogP contribution >= 0.6 is 27.3 Å². The van der Waals surface area contributed by atoms with Gasteiger partial charge in [0.25, 0.3) is 5.91 Å². The molecule has 1 amide bonds. The molecule has 0 bridgehead atoms. The first-order valence-electron chi connectivity index (χ1n) is 8.40. The Bertz CT molecular complexity index is 1020. The summed E-state index contributed by atoms with van der Waals surface area (Å²) in [6, 6.07) is 12.6. The van der Waals surface area contributed by atoms with Crippen LogP contribution in [0.2, 0.25) is 0 Å². The van der Waals surface area contributed by atoms with Crippen molar-refractivity contribution >= 4 is 56.0 Å². The second kappa shape index (κ2) is 9.89. The number of ether oxygens (including phenoxy) is 2. The molecule has 150 valence electrons. The normalized spacial score (nSPS) is 10.7. The van der Waals surface area contributed by atoms with E-state index in [4.69, 9.17) is 15.2 Å². The number of para-hydroxylation sites is 2. The monoisotopic (exact) mass is 475 g/mol. The lowest BCUT2D eigenvalue weighted by Gasteiger charge is -2.12. The number of hydrazone groups is 1. The molecule has 3 aromatic rings. The molecule has 3 rings (SSSR count). The first-order chi connectivity index (χ1) is 14.0. The van der Waals surface area contributed by atoms with Crippen LogP contribution in [0.15, 0.2) is 57.4 Å². The number of carbonyl (C=O) groups excluding carboxylic acids is 1. The molecule has 0 radical (unpaired) electrons. The van der Waals surface area contributed by atoms with Gasteiger partial charge in [-0.05, 0) is 30.3 Å². The average molecular weight is 476 g/mol. The summed E-state index contributed by atoms with van der Waals surface area (Å²) in [4.78, 5) is 16.3. The number of nitrogens with one attached hydrogen (secondary N) is 2. The van der Waals surface area contributed by atoms with Crippen LogP contribution < -0.4 is 25.9 Å². The van der Waals surface area contributed by atoms with E-state index in [1.54, 1.807) is 36.9 Å². The van der Waals surface area contributed by atoms with Crippen LogP contribution in [0.1, 0.15) is 5.56 Å². The minimum Gasteiger partial charge on any atom is -0.495 e. The maximum atomic E-state index is 12.3. The Kier molecular flexibility index (Phi) is 7.04. The summed E-state index contributed by atoms with van der Waals surface area (Å²) in [6.45, 7) is -0.170. The Labute approximate surface area is 179 Å². The van der Waals surface area contributed by atoms with Crippen LogP contribution in [0.25, 0.3) is 0 Å². The number of hydrogen-bond donors (Lipinski definition) is 3. The standard InChI is InChI=1S/C19H18BrN5O3S/c1-27-16-5-3-2-4-14(16)23-18(26)10-28-15-7-6-13(20)8-12(15)9-22-25-19-24-17(21)11-29-19/h2-9,11H,10,21H2,1H3,(H,23,26)(H,24,25). The van der Waals surface area contributed by atoms with Gasteiger partial charge >= 0.3 is 0 Å². The van der Waals surface area contributed by atoms with Gasteiger partial charge in [0.05, 0.1) is 19.0 Å². The van der Waals surface area contributed by atoms with E-state index in [2.05, 4.69) is 36.8 Å². The van der Waals surface area contributed by atoms with Gasteiger partial charge in [-0.25, -0.2) is 4.98 Å². The molecule has 1 heterocycles. The van der Waals surface area contributed by atoms with Crippen molar-refractivity contribution < 1.29 is 14.3 Å². The number of thiazole rings is 1. The molecule has 0 saturated heterocycles. The number of nitrogens with zero attached hydrogens (tertiary/aromatic N) is 2. The number of nitrogen functional groups attached to an aromatic ring is 1. The Balaban J connectivity index is 1.63. The van der Waals surface area contributed by atoms with Gasteiger partial charge in [0, 0.05) is 15.4 Å². The second-order valence-corrected chi connectivity index (χ2v) is 7.44. The van der Waals surface area contributed by atoms with Crippen molar-refractivity contribution in [3.05, 3.63) is 57.9 Å². The zero-order valence-electron chi connectivity index (χ0n) is 15.4. The second-order valence-electron chi connectivity index (χ2n) is 5.67. The average Bonchev–Trinajstić information content (AvgIpc) is 3.13. The predicted molar refractivity (Wildman–Crippen MR) is 119 cm³/mol. The number of anilines is 3. The quantitative estimate of drug-likeness (QED) is 0.335. The lowest BCUT2D eigenvalue weighted by Crippen LogP contribution is -2.20. The minimum atomic E-state index is -0.309. The summed E-state index contributed by atoms with van der Waals surface area (Å²) in [5.74, 6) is 1.20. The molecule has 8 nitrogen and oxygen atoms in total. The van der Waals surface area contributed by atoms with Crippen LogP contribution in [0.3, 0.4) is 0 Å². The van der Waals surface area contributed by atoms with Crippen molar-refractivity contribution in [1.82, 2.24) is 4.98 Å². The molecule has 0 fully saturated rings. The molecular formula is C19H18BrN5O3S. The molecule has 0 unspecified atom stereocenters. The fraction of sp³-hybridized carbons (Fsp3) is 0.105. The van der Waals surface area contributed by atoms with Gasteiger partial charge in [0.1, 0.15) is 17.3 Å². The summed E-state index contributed by atoms with van der Waals surface area (Å²) < 4.78 is 11.8. The van der Waals surface area contributed by atoms with E-state index >= 15 is 0 Å². The van der Waals surface area contributed by atoms with E-state index < -0.39 is 0 Å². The molecule has 0 aliphatic carbocycles. The van der Waals surface area contributed by atoms with Crippen molar-refractivity contribution in [2.24, 2.45) is 5.10 Å². The number of amides is 1. The number of aromatic nitrogens is 1. The molecule has 4 N–H and O–H groups in total. The lowest BCUT2D eigenvalue weighted by molar-refractivity contribution is -0.118. The molecule has 0 aliphatic heterocycles. The topological polar surface area (TPSA) is 111 Å². The Morgan fingerprint density at radius 2 is 2.14 bits per heavy atom. The fourth-order valence-corrected chi connectivity index (χ4v) is 3.25. The third kappa shape index (κ3) is 5.93. The highest BCUT2D eigenvalue weighted by atomic mass is 79.9. The molecule has 1 aromatic heterocycles. The third-order valence-electron chi connectivity index (χ3n) is 3.60. The number of benzene rings is 2. The molecular weight excluding hydrogens is 458 g/mol. The van der Waals surface area contributed by atoms with Gasteiger partial charge in [-0.1, -0.05) is 28.1 Å². The summed E-state index contributed by atoms with van der Waals surface area (Å²) >= 11 is 4.76. The highest BCUT2D eigenvalue weighted by Crippen LogP contribution is 2.24. The smallest absolute Gasteiger partial charge is 0.262 e. The van der Waals surface area contributed by atoms with Gasteiger partial charge < -0.3 is 20.5 Å². The van der Waals surface area contributed by atoms with E-state index in [0.717, 1.165) is 4.47 Å². The van der Waals surface area contributed by atoms with Crippen molar-refractivity contribution in [3.8, 4) is 11.5 Å². The molecule has 0 atom stereocenters. The number of rotatable bonds is 8. The number of halogens is 1. The molecule has 29 heavy (non-hydrogen) atoms. The zero-order chi connectivity index (χ0) is 20.6. The van der Waals surface area contributed by atoms with Gasteiger partial charge in [-0.15, -0.1) is 11.3 Å². The molecule has 0 aliphatic rings. The van der Waals surface area contributed by atoms with Crippen molar-refractivity contribution in [2.45, 2.75) is 0 Å².